The van der Waals surface area contributed by atoms with Gasteiger partial charge in [0, 0.05) is 35.8 Å². The van der Waals surface area contributed by atoms with Crippen LogP contribution in [0.2, 0.25) is 0 Å². The molecule has 0 aliphatic heterocycles. The van der Waals surface area contributed by atoms with Crippen LogP contribution >= 0.6 is 0 Å². The molecular weight excluding hydrogens is 292 g/mol. The van der Waals surface area contributed by atoms with Crippen LogP contribution in [0.15, 0.2) is 60.9 Å². The van der Waals surface area contributed by atoms with E-state index < -0.39 is 4.92 Å². The second-order valence-electron chi connectivity index (χ2n) is 5.03. The van der Waals surface area contributed by atoms with Gasteiger partial charge in [0.15, 0.2) is 0 Å². The lowest BCUT2D eigenvalue weighted by Gasteiger charge is -2.09. The first kappa shape index (κ1) is 14.6. The van der Waals surface area contributed by atoms with Gasteiger partial charge in [-0.3, -0.25) is 15.1 Å². The van der Waals surface area contributed by atoms with Gasteiger partial charge in [-0.05, 0) is 42.8 Å². The van der Waals surface area contributed by atoms with E-state index in [0.29, 0.717) is 5.82 Å². The monoisotopic (exact) mass is 306 g/mol. The molecule has 2 aromatic heterocycles. The van der Waals surface area contributed by atoms with Gasteiger partial charge in [0.05, 0.1) is 10.6 Å². The van der Waals surface area contributed by atoms with Gasteiger partial charge in [-0.2, -0.15) is 0 Å². The first-order valence-corrected chi connectivity index (χ1v) is 7.03. The highest BCUT2D eigenvalue weighted by atomic mass is 16.6. The Morgan fingerprint density at radius 3 is 2.57 bits per heavy atom. The number of non-ortho nitro benzene ring substituents is 1. The van der Waals surface area contributed by atoms with Crippen LogP contribution in [-0.4, -0.2) is 14.9 Å². The molecule has 6 heteroatoms. The highest BCUT2D eigenvalue weighted by Crippen LogP contribution is 2.26. The van der Waals surface area contributed by atoms with E-state index in [1.54, 1.807) is 24.5 Å². The third-order valence-corrected chi connectivity index (χ3v) is 3.40. The number of hydrogen-bond donors (Lipinski definition) is 1. The SMILES string of the molecule is Cc1cc([N+](=O)[O-])ccc1-c1cccc(Nc2ccncc2)n1. The maximum atomic E-state index is 10.8. The Morgan fingerprint density at radius 2 is 1.87 bits per heavy atom. The zero-order valence-corrected chi connectivity index (χ0v) is 12.4. The average Bonchev–Trinajstić information content (AvgIpc) is 2.56. The van der Waals surface area contributed by atoms with Crippen LogP contribution in [0.1, 0.15) is 5.56 Å². The summed E-state index contributed by atoms with van der Waals surface area (Å²) >= 11 is 0. The minimum Gasteiger partial charge on any atom is -0.340 e. The molecule has 0 bridgehead atoms. The predicted octanol–water partition coefficient (Wildman–Crippen LogP) is 4.10. The van der Waals surface area contributed by atoms with Crippen molar-refractivity contribution in [2.45, 2.75) is 6.92 Å². The zero-order chi connectivity index (χ0) is 16.2. The molecule has 6 nitrogen and oxygen atoms in total. The number of nitrogens with one attached hydrogen (secondary N) is 1. The molecule has 0 amide bonds. The number of anilines is 2. The van der Waals surface area contributed by atoms with Crippen LogP contribution < -0.4 is 5.32 Å². The predicted molar refractivity (Wildman–Crippen MR) is 88.6 cm³/mol. The van der Waals surface area contributed by atoms with E-state index >= 15 is 0 Å². The molecule has 0 radical (unpaired) electrons. The highest BCUT2D eigenvalue weighted by molar-refractivity contribution is 5.68. The molecule has 0 aliphatic carbocycles. The van der Waals surface area contributed by atoms with Crippen LogP contribution in [0.25, 0.3) is 11.3 Å². The summed E-state index contributed by atoms with van der Waals surface area (Å²) in [6.45, 7) is 1.84. The molecule has 1 aromatic carbocycles. The van der Waals surface area contributed by atoms with Crippen molar-refractivity contribution in [1.82, 2.24) is 9.97 Å². The number of nitro groups is 1. The standard InChI is InChI=1S/C17H14N4O2/c1-12-11-14(21(22)23)5-6-15(12)16-3-2-4-17(20-16)19-13-7-9-18-10-8-13/h2-11H,1H3,(H,18,19,20). The third kappa shape index (κ3) is 3.32. The lowest BCUT2D eigenvalue weighted by atomic mass is 10.0. The molecule has 3 rings (SSSR count). The fourth-order valence-electron chi connectivity index (χ4n) is 2.29. The molecule has 0 atom stereocenters. The summed E-state index contributed by atoms with van der Waals surface area (Å²) in [6, 6.07) is 14.1. The molecule has 1 N–H and O–H groups in total. The fourth-order valence-corrected chi connectivity index (χ4v) is 2.29. The fraction of sp³-hybridized carbons (Fsp3) is 0.0588. The van der Waals surface area contributed by atoms with Crippen molar-refractivity contribution in [2.24, 2.45) is 0 Å². The maximum Gasteiger partial charge on any atom is 0.269 e. The van der Waals surface area contributed by atoms with Gasteiger partial charge in [0.1, 0.15) is 5.82 Å². The first-order valence-electron chi connectivity index (χ1n) is 7.03. The second kappa shape index (κ2) is 6.23. The Hall–Kier alpha value is -3.28. The number of hydrogen-bond acceptors (Lipinski definition) is 5. The van der Waals surface area contributed by atoms with Gasteiger partial charge in [0.25, 0.3) is 5.69 Å². The van der Waals surface area contributed by atoms with E-state index in [1.165, 1.54) is 6.07 Å². The van der Waals surface area contributed by atoms with Crippen molar-refractivity contribution in [2.75, 3.05) is 5.32 Å². The van der Waals surface area contributed by atoms with E-state index in [1.807, 2.05) is 37.3 Å². The first-order chi connectivity index (χ1) is 11.1. The summed E-state index contributed by atoms with van der Waals surface area (Å²) in [5, 5.41) is 14.0. The van der Waals surface area contributed by atoms with Crippen molar-refractivity contribution in [1.29, 1.82) is 0 Å². The van der Waals surface area contributed by atoms with Gasteiger partial charge in [-0.15, -0.1) is 0 Å². The van der Waals surface area contributed by atoms with Gasteiger partial charge in [-0.1, -0.05) is 6.07 Å². The maximum absolute atomic E-state index is 10.8. The number of benzene rings is 1. The molecule has 0 saturated carbocycles. The number of nitrogens with zero attached hydrogens (tertiary/aromatic N) is 3. The Bertz CT molecular complexity index is 850. The summed E-state index contributed by atoms with van der Waals surface area (Å²) in [6.07, 6.45) is 3.40. The number of pyridine rings is 2. The lowest BCUT2D eigenvalue weighted by Crippen LogP contribution is -1.96. The minimum atomic E-state index is -0.397. The summed E-state index contributed by atoms with van der Waals surface area (Å²) in [5.41, 5.74) is 3.42. The van der Waals surface area contributed by atoms with Crippen LogP contribution in [0, 0.1) is 17.0 Å². The summed E-state index contributed by atoms with van der Waals surface area (Å²) in [7, 11) is 0. The third-order valence-electron chi connectivity index (χ3n) is 3.40. The molecule has 0 saturated heterocycles. The summed E-state index contributed by atoms with van der Waals surface area (Å²) in [4.78, 5) is 19.0. The highest BCUT2D eigenvalue weighted by Gasteiger charge is 2.10. The molecule has 0 unspecified atom stereocenters. The van der Waals surface area contributed by atoms with Crippen molar-refractivity contribution >= 4 is 17.2 Å². The van der Waals surface area contributed by atoms with Gasteiger partial charge < -0.3 is 5.32 Å². The molecule has 0 fully saturated rings. The largest absolute Gasteiger partial charge is 0.340 e. The smallest absolute Gasteiger partial charge is 0.269 e. The normalized spacial score (nSPS) is 10.3. The van der Waals surface area contributed by atoms with Gasteiger partial charge >= 0.3 is 0 Å². The van der Waals surface area contributed by atoms with Crippen LogP contribution in [0.5, 0.6) is 0 Å². The van der Waals surface area contributed by atoms with E-state index in [0.717, 1.165) is 22.5 Å². The van der Waals surface area contributed by atoms with E-state index in [-0.39, 0.29) is 5.69 Å². The van der Waals surface area contributed by atoms with E-state index in [2.05, 4.69) is 15.3 Å². The number of rotatable bonds is 4. The van der Waals surface area contributed by atoms with Gasteiger partial charge in [-0.25, -0.2) is 4.98 Å². The van der Waals surface area contributed by atoms with Gasteiger partial charge in [0.2, 0.25) is 0 Å². The van der Waals surface area contributed by atoms with Crippen molar-refractivity contribution in [3.8, 4) is 11.3 Å². The average molecular weight is 306 g/mol. The molecule has 114 valence electrons. The van der Waals surface area contributed by atoms with Crippen LogP contribution in [0.3, 0.4) is 0 Å². The Labute approximate surface area is 133 Å². The van der Waals surface area contributed by atoms with Crippen LogP contribution in [-0.2, 0) is 0 Å². The molecule has 23 heavy (non-hydrogen) atoms. The van der Waals surface area contributed by atoms with Crippen LogP contribution in [0.4, 0.5) is 17.2 Å². The van der Waals surface area contributed by atoms with Crippen molar-refractivity contribution in [3.05, 3.63) is 76.6 Å². The Morgan fingerprint density at radius 1 is 1.09 bits per heavy atom. The number of aromatic nitrogens is 2. The van der Waals surface area contributed by atoms with E-state index in [9.17, 15) is 10.1 Å². The number of aryl methyl sites for hydroxylation is 1. The topological polar surface area (TPSA) is 81.0 Å². The summed E-state index contributed by atoms with van der Waals surface area (Å²) < 4.78 is 0. The quantitative estimate of drug-likeness (QED) is 0.579. The van der Waals surface area contributed by atoms with Crippen molar-refractivity contribution < 1.29 is 4.92 Å². The Kier molecular flexibility index (Phi) is 3.97. The second-order valence-corrected chi connectivity index (χ2v) is 5.03. The van der Waals surface area contributed by atoms with E-state index in [4.69, 9.17) is 0 Å². The molecular formula is C17H14N4O2. The zero-order valence-electron chi connectivity index (χ0n) is 12.4. The lowest BCUT2D eigenvalue weighted by molar-refractivity contribution is -0.384. The summed E-state index contributed by atoms with van der Waals surface area (Å²) in [5.74, 6) is 0.700. The Balaban J connectivity index is 1.92. The van der Waals surface area contributed by atoms with Crippen molar-refractivity contribution in [3.63, 3.8) is 0 Å². The molecule has 0 spiro atoms. The molecule has 2 heterocycles. The molecule has 3 aromatic rings. The minimum absolute atomic E-state index is 0.0808. The number of nitro benzene ring substituents is 1. The molecule has 0 aliphatic rings.